The van der Waals surface area contributed by atoms with Gasteiger partial charge in [-0.05, 0) is 11.1 Å². The van der Waals surface area contributed by atoms with Gasteiger partial charge >= 0.3 is 12.4 Å². The van der Waals surface area contributed by atoms with E-state index in [-0.39, 0.29) is 35.8 Å². The fraction of sp³-hybridized carbons (Fsp3) is 0.400. The third-order valence-corrected chi connectivity index (χ3v) is 8.53. The Balaban J connectivity index is 1.46. The van der Waals surface area contributed by atoms with Gasteiger partial charge in [0.05, 0.1) is 47.6 Å². The summed E-state index contributed by atoms with van der Waals surface area (Å²) < 4.78 is 96.9. The Morgan fingerprint density at radius 2 is 0.978 bits per heavy atom. The molecule has 0 spiro atoms. The summed E-state index contributed by atoms with van der Waals surface area (Å²) >= 11 is 0. The van der Waals surface area contributed by atoms with Crippen molar-refractivity contribution < 1.29 is 45.4 Å². The number of hydrogen-bond acceptors (Lipinski definition) is 8. The van der Waals surface area contributed by atoms with Gasteiger partial charge in [0.2, 0.25) is 0 Å². The van der Waals surface area contributed by atoms with Crippen LogP contribution >= 0.6 is 0 Å². The lowest BCUT2D eigenvalue weighted by Gasteiger charge is -2.40. The number of ether oxygens (including phenoxy) is 2. The third kappa shape index (κ3) is 5.38. The molecule has 16 heteroatoms. The number of hydrogen-bond donors (Lipinski definition) is 4. The second-order valence-electron chi connectivity index (χ2n) is 11.3. The highest BCUT2D eigenvalue weighted by Gasteiger charge is 2.61. The number of amides is 2. The van der Waals surface area contributed by atoms with Crippen molar-refractivity contribution in [3.05, 3.63) is 94.3 Å². The molecule has 246 valence electrons. The van der Waals surface area contributed by atoms with Crippen LogP contribution in [0.2, 0.25) is 0 Å². The highest BCUT2D eigenvalue weighted by molar-refractivity contribution is 6.13. The topological polar surface area (TPSA) is 107 Å². The van der Waals surface area contributed by atoms with E-state index in [2.05, 4.69) is 21.5 Å². The third-order valence-electron chi connectivity index (χ3n) is 8.53. The van der Waals surface area contributed by atoms with Gasteiger partial charge in [0.25, 0.3) is 11.8 Å². The van der Waals surface area contributed by atoms with Gasteiger partial charge in [0.1, 0.15) is 24.4 Å². The van der Waals surface area contributed by atoms with Crippen molar-refractivity contribution >= 4 is 11.8 Å². The predicted octanol–water partition coefficient (Wildman–Crippen LogP) is 2.77. The number of methoxy groups -OCH3 is 2. The van der Waals surface area contributed by atoms with Crippen molar-refractivity contribution in [3.63, 3.8) is 0 Å². The molecule has 6 atom stereocenters. The van der Waals surface area contributed by atoms with Gasteiger partial charge in [-0.3, -0.25) is 9.59 Å². The van der Waals surface area contributed by atoms with Gasteiger partial charge < -0.3 is 20.1 Å². The lowest BCUT2D eigenvalue weighted by atomic mass is 9.87. The minimum atomic E-state index is -4.78. The van der Waals surface area contributed by atoms with Gasteiger partial charge in [-0.1, -0.05) is 60.7 Å². The van der Waals surface area contributed by atoms with E-state index in [4.69, 9.17) is 9.47 Å². The van der Waals surface area contributed by atoms with E-state index < -0.39 is 60.4 Å². The summed E-state index contributed by atoms with van der Waals surface area (Å²) in [5.74, 6) is -4.58. The van der Waals surface area contributed by atoms with Crippen molar-refractivity contribution in [3.8, 4) is 0 Å². The van der Waals surface area contributed by atoms with Crippen LogP contribution in [0.15, 0.2) is 83.2 Å². The highest BCUT2D eigenvalue weighted by Crippen LogP contribution is 2.45. The largest absolute Gasteiger partial charge is 0.406 e. The van der Waals surface area contributed by atoms with Crippen molar-refractivity contribution in [2.75, 3.05) is 27.4 Å². The first kappa shape index (κ1) is 31.8. The van der Waals surface area contributed by atoms with Crippen LogP contribution in [-0.2, 0) is 19.1 Å². The Morgan fingerprint density at radius 1 is 0.630 bits per heavy atom. The molecule has 10 nitrogen and oxygen atoms in total. The molecule has 0 saturated carbocycles. The summed E-state index contributed by atoms with van der Waals surface area (Å²) in [6, 6.07) is 11.3. The summed E-state index contributed by atoms with van der Waals surface area (Å²) in [4.78, 5) is 28.4. The molecule has 4 aliphatic heterocycles. The Kier molecular flexibility index (Phi) is 8.25. The maximum absolute atomic E-state index is 14.4. The molecule has 4 heterocycles. The van der Waals surface area contributed by atoms with E-state index in [9.17, 15) is 35.9 Å². The van der Waals surface area contributed by atoms with E-state index >= 15 is 0 Å². The van der Waals surface area contributed by atoms with E-state index in [0.29, 0.717) is 11.1 Å². The van der Waals surface area contributed by atoms with Gasteiger partial charge in [-0.2, -0.15) is 26.3 Å². The zero-order chi connectivity index (χ0) is 33.0. The second-order valence-corrected chi connectivity index (χ2v) is 11.3. The Morgan fingerprint density at radius 3 is 1.28 bits per heavy atom. The normalized spacial score (nSPS) is 28.3. The average Bonchev–Trinajstić information content (AvgIpc) is 3.60. The minimum absolute atomic E-state index is 0.0114. The van der Waals surface area contributed by atoms with Crippen LogP contribution in [0.25, 0.3) is 0 Å². The molecule has 2 aromatic rings. The Hall–Kier alpha value is -4.12. The number of fused-ring (bicyclic) bond motifs is 2. The first-order chi connectivity index (χ1) is 21.9. The number of nitrogens with zero attached hydrogens (tertiary/aromatic N) is 2. The summed E-state index contributed by atoms with van der Waals surface area (Å²) in [6.45, 7) is -0.648. The van der Waals surface area contributed by atoms with Gasteiger partial charge in [-0.25, -0.2) is 20.9 Å². The van der Waals surface area contributed by atoms with Gasteiger partial charge in [0.15, 0.2) is 0 Å². The number of alkyl halides is 6. The predicted molar refractivity (Wildman–Crippen MR) is 150 cm³/mol. The van der Waals surface area contributed by atoms with Crippen LogP contribution in [0.3, 0.4) is 0 Å². The van der Waals surface area contributed by atoms with E-state index in [1.54, 1.807) is 36.4 Å². The summed E-state index contributed by atoms with van der Waals surface area (Å²) in [7, 11) is 2.59. The number of rotatable bonds is 7. The fourth-order valence-electron chi connectivity index (χ4n) is 6.67. The quantitative estimate of drug-likeness (QED) is 0.339. The maximum atomic E-state index is 14.4. The molecule has 46 heavy (non-hydrogen) atoms. The van der Waals surface area contributed by atoms with Crippen molar-refractivity contribution in [2.24, 2.45) is 0 Å². The molecule has 0 bridgehead atoms. The number of carbonyl (C=O) groups excluding carboxylic acids is 2. The summed E-state index contributed by atoms with van der Waals surface area (Å²) in [5, 5.41) is 7.52. The number of carbonyl (C=O) groups is 2. The standard InChI is InChI=1S/C30H30F6N6O4/c1-45-13-17-21(27(43)41-25(37-17)19(15-9-5-3-6-10-15)23(39-41)29(31,32)33)22-18(14-46-2)38-26-20(16-11-7-4-8-12-16)24(30(34,35)36)40-42(26)28(22)44/h3-12,19-20,23-26,37-40H,13-14H2,1-2H3. The highest BCUT2D eigenvalue weighted by atomic mass is 19.4. The van der Waals surface area contributed by atoms with Crippen LogP contribution in [0.5, 0.6) is 0 Å². The fourth-order valence-corrected chi connectivity index (χ4v) is 6.67. The molecule has 6 unspecified atom stereocenters. The molecule has 0 radical (unpaired) electrons. The van der Waals surface area contributed by atoms with Crippen molar-refractivity contribution in [1.29, 1.82) is 0 Å². The molecular weight excluding hydrogens is 622 g/mol. The molecule has 2 fully saturated rings. The van der Waals surface area contributed by atoms with Crippen molar-refractivity contribution in [1.82, 2.24) is 31.5 Å². The number of nitrogens with one attached hydrogen (secondary N) is 4. The molecule has 0 aromatic heterocycles. The Labute approximate surface area is 259 Å². The Bertz CT molecular complexity index is 1430. The van der Waals surface area contributed by atoms with E-state index in [1.807, 2.05) is 0 Å². The maximum Gasteiger partial charge on any atom is 0.406 e. The van der Waals surface area contributed by atoms with E-state index in [0.717, 1.165) is 10.0 Å². The van der Waals surface area contributed by atoms with Crippen molar-refractivity contribution in [2.45, 2.75) is 48.6 Å². The molecule has 6 rings (SSSR count). The number of halogens is 6. The monoisotopic (exact) mass is 652 g/mol. The zero-order valence-corrected chi connectivity index (χ0v) is 24.4. The van der Waals surface area contributed by atoms with E-state index in [1.165, 1.54) is 38.5 Å². The number of benzene rings is 2. The molecular formula is C30H30F6N6O4. The van der Waals surface area contributed by atoms with Crippen LogP contribution in [0, 0.1) is 0 Å². The minimum Gasteiger partial charge on any atom is -0.378 e. The molecule has 4 aliphatic rings. The molecule has 4 N–H and O–H groups in total. The first-order valence-electron chi connectivity index (χ1n) is 14.3. The number of hydrazine groups is 2. The lowest BCUT2D eigenvalue weighted by molar-refractivity contribution is -0.163. The summed E-state index contributed by atoms with van der Waals surface area (Å²) in [6.07, 6.45) is -12.1. The van der Waals surface area contributed by atoms with Gasteiger partial charge in [0, 0.05) is 14.2 Å². The van der Waals surface area contributed by atoms with Crippen LogP contribution < -0.4 is 21.5 Å². The zero-order valence-electron chi connectivity index (χ0n) is 24.4. The second kappa shape index (κ2) is 11.9. The smallest absolute Gasteiger partial charge is 0.378 e. The summed E-state index contributed by atoms with van der Waals surface area (Å²) in [5.41, 5.74) is 4.42. The first-order valence-corrected chi connectivity index (χ1v) is 14.3. The van der Waals surface area contributed by atoms with Gasteiger partial charge in [-0.15, -0.1) is 0 Å². The molecule has 2 aromatic carbocycles. The van der Waals surface area contributed by atoms with Crippen LogP contribution in [0.4, 0.5) is 26.3 Å². The van der Waals surface area contributed by atoms with Crippen LogP contribution in [0.1, 0.15) is 23.0 Å². The molecule has 2 saturated heterocycles. The lowest BCUT2D eigenvalue weighted by Crippen LogP contribution is -2.59. The van der Waals surface area contributed by atoms with Crippen LogP contribution in [-0.4, -0.2) is 86.0 Å². The average molecular weight is 653 g/mol. The molecule has 0 aliphatic carbocycles. The molecule has 2 amide bonds. The SMILES string of the molecule is COCC1=C(C2=C(COC)NC3C(c4ccccc4)C(C(F)(F)F)NN3C2=O)C(=O)N2NC(C(F)(F)F)C(c3ccccc3)C2N1.